The molecule has 0 bridgehead atoms. The number of fused-ring (bicyclic) bond motifs is 3. The number of amides is 1. The Labute approximate surface area is 199 Å². The minimum absolute atomic E-state index is 0.00765. The molecule has 1 amide bonds. The van der Waals surface area contributed by atoms with E-state index in [-0.39, 0.29) is 23.7 Å². The number of pyridine rings is 1. The third kappa shape index (κ3) is 4.55. The average molecular weight is 461 g/mol. The van der Waals surface area contributed by atoms with Gasteiger partial charge in [0.05, 0.1) is 19.1 Å². The molecule has 2 aliphatic rings. The first-order valence-electron chi connectivity index (χ1n) is 11.7. The lowest BCUT2D eigenvalue weighted by Gasteiger charge is -2.49. The van der Waals surface area contributed by atoms with Crippen LogP contribution < -0.4 is 19.9 Å². The lowest BCUT2D eigenvalue weighted by Crippen LogP contribution is -2.61. The fraction of sp³-hybridized carbons (Fsp3) is 0.333. The SMILES string of the molecule is COc1ccc2c(c1)N1CCN(c3ccc(F)cc3)C[C@H]1[C@@H](C(=O)NCCc1ccccn1)C2. The maximum Gasteiger partial charge on any atom is 0.225 e. The van der Waals surface area contributed by atoms with Crippen molar-refractivity contribution in [3.8, 4) is 5.75 Å². The van der Waals surface area contributed by atoms with Crippen molar-refractivity contribution in [1.82, 2.24) is 10.3 Å². The van der Waals surface area contributed by atoms with Crippen LogP contribution in [0.3, 0.4) is 0 Å². The van der Waals surface area contributed by atoms with Crippen molar-refractivity contribution in [2.24, 2.45) is 5.92 Å². The molecule has 0 aliphatic carbocycles. The van der Waals surface area contributed by atoms with Crippen LogP contribution in [0.5, 0.6) is 5.75 Å². The Morgan fingerprint density at radius 2 is 2.00 bits per heavy atom. The number of rotatable bonds is 6. The molecular formula is C27H29FN4O2. The summed E-state index contributed by atoms with van der Waals surface area (Å²) in [6, 6.07) is 18.5. The summed E-state index contributed by atoms with van der Waals surface area (Å²) in [5.41, 5.74) is 4.25. The zero-order chi connectivity index (χ0) is 23.5. The van der Waals surface area contributed by atoms with Crippen molar-refractivity contribution in [3.63, 3.8) is 0 Å². The molecule has 0 radical (unpaired) electrons. The summed E-state index contributed by atoms with van der Waals surface area (Å²) in [6.07, 6.45) is 3.14. The van der Waals surface area contributed by atoms with Crippen LogP contribution in [0, 0.1) is 11.7 Å². The Morgan fingerprint density at radius 1 is 1.15 bits per heavy atom. The monoisotopic (exact) mass is 460 g/mol. The minimum atomic E-state index is -0.244. The highest BCUT2D eigenvalue weighted by molar-refractivity contribution is 5.82. The number of nitrogens with zero attached hydrogens (tertiary/aromatic N) is 3. The van der Waals surface area contributed by atoms with Crippen LogP contribution in [0.2, 0.25) is 0 Å². The number of nitrogens with one attached hydrogen (secondary N) is 1. The molecule has 176 valence electrons. The van der Waals surface area contributed by atoms with Gasteiger partial charge in [0.15, 0.2) is 0 Å². The maximum absolute atomic E-state index is 13.5. The minimum Gasteiger partial charge on any atom is -0.497 e. The molecule has 7 heteroatoms. The van der Waals surface area contributed by atoms with Gasteiger partial charge in [-0.3, -0.25) is 9.78 Å². The summed E-state index contributed by atoms with van der Waals surface area (Å²) >= 11 is 0. The molecule has 3 heterocycles. The Bertz CT molecular complexity index is 1140. The number of benzene rings is 2. The number of carbonyl (C=O) groups is 1. The van der Waals surface area contributed by atoms with Gasteiger partial charge in [0, 0.05) is 61.9 Å². The number of aromatic nitrogens is 1. The van der Waals surface area contributed by atoms with Crippen LogP contribution in [-0.4, -0.2) is 50.2 Å². The van der Waals surface area contributed by atoms with Crippen molar-refractivity contribution in [2.75, 3.05) is 43.1 Å². The summed E-state index contributed by atoms with van der Waals surface area (Å²) < 4.78 is 18.9. The third-order valence-corrected chi connectivity index (χ3v) is 6.86. The zero-order valence-electron chi connectivity index (χ0n) is 19.3. The van der Waals surface area contributed by atoms with Crippen LogP contribution in [0.1, 0.15) is 11.3 Å². The second kappa shape index (κ2) is 9.71. The molecule has 2 aromatic carbocycles. The number of carbonyl (C=O) groups excluding carboxylic acids is 1. The van der Waals surface area contributed by atoms with Gasteiger partial charge in [-0.1, -0.05) is 12.1 Å². The Morgan fingerprint density at radius 3 is 2.76 bits per heavy atom. The van der Waals surface area contributed by atoms with Gasteiger partial charge in [0.2, 0.25) is 5.91 Å². The number of hydrogen-bond acceptors (Lipinski definition) is 5. The lowest BCUT2D eigenvalue weighted by atomic mass is 9.83. The fourth-order valence-corrected chi connectivity index (χ4v) is 5.08. The molecule has 0 saturated carbocycles. The maximum atomic E-state index is 13.5. The van der Waals surface area contributed by atoms with E-state index in [9.17, 15) is 9.18 Å². The molecular weight excluding hydrogens is 431 g/mol. The van der Waals surface area contributed by atoms with Gasteiger partial charge in [-0.25, -0.2) is 4.39 Å². The molecule has 0 unspecified atom stereocenters. The number of ether oxygens (including phenoxy) is 1. The van der Waals surface area contributed by atoms with E-state index in [1.807, 2.05) is 36.4 Å². The van der Waals surface area contributed by atoms with Crippen molar-refractivity contribution in [3.05, 3.63) is 83.9 Å². The van der Waals surface area contributed by atoms with Crippen LogP contribution in [0.15, 0.2) is 66.9 Å². The van der Waals surface area contributed by atoms with E-state index in [1.165, 1.54) is 12.1 Å². The largest absolute Gasteiger partial charge is 0.497 e. The zero-order valence-corrected chi connectivity index (χ0v) is 19.3. The highest BCUT2D eigenvalue weighted by atomic mass is 19.1. The molecule has 0 spiro atoms. The van der Waals surface area contributed by atoms with Crippen LogP contribution >= 0.6 is 0 Å². The molecule has 3 aromatic rings. The normalized spacial score (nSPS) is 19.2. The standard InChI is InChI=1S/C27H29FN4O2/c1-34-23-10-5-19-16-24(27(33)30-13-11-21-4-2-3-12-29-21)26-18-31(14-15-32(26)25(19)17-23)22-8-6-20(28)7-9-22/h2-10,12,17,24,26H,11,13-16,18H2,1H3,(H,30,33)/t24-,26-/m0/s1. The molecule has 1 saturated heterocycles. The molecule has 6 nitrogen and oxygen atoms in total. The van der Waals surface area contributed by atoms with Gasteiger partial charge in [0.25, 0.3) is 0 Å². The van der Waals surface area contributed by atoms with Crippen LogP contribution in [0.4, 0.5) is 15.8 Å². The first-order valence-corrected chi connectivity index (χ1v) is 11.7. The van der Waals surface area contributed by atoms with Crippen molar-refractivity contribution < 1.29 is 13.9 Å². The highest BCUT2D eigenvalue weighted by Gasteiger charge is 2.41. The van der Waals surface area contributed by atoms with Gasteiger partial charge in [-0.2, -0.15) is 0 Å². The van der Waals surface area contributed by atoms with Gasteiger partial charge < -0.3 is 19.9 Å². The number of hydrogen-bond donors (Lipinski definition) is 1. The number of piperazine rings is 1. The van der Waals surface area contributed by atoms with Crippen molar-refractivity contribution in [2.45, 2.75) is 18.9 Å². The quantitative estimate of drug-likeness (QED) is 0.611. The molecule has 1 aromatic heterocycles. The Balaban J connectivity index is 1.37. The van der Waals surface area contributed by atoms with E-state index >= 15 is 0 Å². The topological polar surface area (TPSA) is 57.7 Å². The van der Waals surface area contributed by atoms with E-state index in [0.29, 0.717) is 25.9 Å². The average Bonchev–Trinajstić information content (AvgIpc) is 2.88. The molecule has 5 rings (SSSR count). The Hall–Kier alpha value is -3.61. The predicted molar refractivity (Wildman–Crippen MR) is 131 cm³/mol. The van der Waals surface area contributed by atoms with E-state index in [1.54, 1.807) is 13.3 Å². The Kier molecular flexibility index (Phi) is 6.34. The molecule has 1 N–H and O–H groups in total. The molecule has 34 heavy (non-hydrogen) atoms. The molecule has 2 aliphatic heterocycles. The summed E-state index contributed by atoms with van der Waals surface area (Å²) in [5.74, 6) is 0.448. The summed E-state index contributed by atoms with van der Waals surface area (Å²) in [4.78, 5) is 22.4. The van der Waals surface area contributed by atoms with E-state index < -0.39 is 0 Å². The summed E-state index contributed by atoms with van der Waals surface area (Å²) in [6.45, 7) is 2.82. The number of anilines is 2. The number of methoxy groups -OCH3 is 1. The lowest BCUT2D eigenvalue weighted by molar-refractivity contribution is -0.125. The predicted octanol–water partition coefficient (Wildman–Crippen LogP) is 3.46. The fourth-order valence-electron chi connectivity index (χ4n) is 5.08. The summed E-state index contributed by atoms with van der Waals surface area (Å²) in [5, 5.41) is 3.15. The van der Waals surface area contributed by atoms with Gasteiger partial charge in [0.1, 0.15) is 11.6 Å². The van der Waals surface area contributed by atoms with Gasteiger partial charge in [-0.15, -0.1) is 0 Å². The van der Waals surface area contributed by atoms with Crippen molar-refractivity contribution >= 4 is 17.3 Å². The smallest absolute Gasteiger partial charge is 0.225 e. The first kappa shape index (κ1) is 22.2. The van der Waals surface area contributed by atoms with E-state index in [0.717, 1.165) is 41.5 Å². The second-order valence-corrected chi connectivity index (χ2v) is 8.85. The summed E-state index contributed by atoms with van der Waals surface area (Å²) in [7, 11) is 1.67. The second-order valence-electron chi connectivity index (χ2n) is 8.85. The van der Waals surface area contributed by atoms with E-state index in [2.05, 4.69) is 32.2 Å². The van der Waals surface area contributed by atoms with Gasteiger partial charge in [-0.05, 0) is 54.4 Å². The van der Waals surface area contributed by atoms with Gasteiger partial charge >= 0.3 is 0 Å². The first-order chi connectivity index (χ1) is 16.6. The highest BCUT2D eigenvalue weighted by Crippen LogP contribution is 2.39. The third-order valence-electron chi connectivity index (χ3n) is 6.86. The van der Waals surface area contributed by atoms with E-state index in [4.69, 9.17) is 4.74 Å². The number of halogens is 1. The molecule has 2 atom stereocenters. The van der Waals surface area contributed by atoms with Crippen LogP contribution in [0.25, 0.3) is 0 Å². The van der Waals surface area contributed by atoms with Crippen molar-refractivity contribution in [1.29, 1.82) is 0 Å². The van der Waals surface area contributed by atoms with Crippen LogP contribution in [-0.2, 0) is 17.6 Å². The molecule has 1 fully saturated rings.